The summed E-state index contributed by atoms with van der Waals surface area (Å²) >= 11 is 6.02. The molecule has 0 bridgehead atoms. The van der Waals surface area contributed by atoms with Crippen LogP contribution in [-0.2, 0) is 0 Å². The molecule has 0 amide bonds. The van der Waals surface area contributed by atoms with E-state index in [4.69, 9.17) is 16.9 Å². The highest BCUT2D eigenvalue weighted by Crippen LogP contribution is 2.23. The fraction of sp³-hybridized carbons (Fsp3) is 0.154. The van der Waals surface area contributed by atoms with Crippen LogP contribution in [0.1, 0.15) is 17.0 Å². The summed E-state index contributed by atoms with van der Waals surface area (Å²) in [6.45, 7) is 3.73. The van der Waals surface area contributed by atoms with Gasteiger partial charge in [-0.2, -0.15) is 5.26 Å². The number of hydrogen-bond acceptors (Lipinski definition) is 4. The normalized spacial score (nSPS) is 9.89. The molecule has 0 spiro atoms. The molecule has 1 N–H and O–H groups in total. The summed E-state index contributed by atoms with van der Waals surface area (Å²) in [7, 11) is 0. The molecule has 0 atom stereocenters. The Labute approximate surface area is 110 Å². The number of aromatic nitrogens is 2. The standard InChI is InChI=1S/C13H11ClN4/c1-8-9(2)17-13(12(14)16-8)18-11-5-3-4-10(6-11)7-15/h3-6H,1-2H3,(H,17,18). The van der Waals surface area contributed by atoms with Crippen LogP contribution in [0.5, 0.6) is 0 Å². The van der Waals surface area contributed by atoms with Gasteiger partial charge in [-0.3, -0.25) is 0 Å². The van der Waals surface area contributed by atoms with Crippen molar-refractivity contribution in [3.63, 3.8) is 0 Å². The topological polar surface area (TPSA) is 61.6 Å². The van der Waals surface area contributed by atoms with Gasteiger partial charge >= 0.3 is 0 Å². The average Bonchev–Trinajstić information content (AvgIpc) is 2.36. The molecule has 0 aliphatic rings. The zero-order valence-corrected chi connectivity index (χ0v) is 10.8. The summed E-state index contributed by atoms with van der Waals surface area (Å²) in [5.41, 5.74) is 2.95. The number of anilines is 2. The lowest BCUT2D eigenvalue weighted by molar-refractivity contribution is 1.05. The van der Waals surface area contributed by atoms with Gasteiger partial charge in [-0.15, -0.1) is 0 Å². The van der Waals surface area contributed by atoms with E-state index in [-0.39, 0.29) is 0 Å². The third-order valence-corrected chi connectivity index (χ3v) is 2.78. The number of benzene rings is 1. The largest absolute Gasteiger partial charge is 0.338 e. The van der Waals surface area contributed by atoms with Crippen molar-refractivity contribution in [1.82, 2.24) is 9.97 Å². The maximum absolute atomic E-state index is 8.83. The molecule has 5 heteroatoms. The van der Waals surface area contributed by atoms with Crippen molar-refractivity contribution in [2.45, 2.75) is 13.8 Å². The first-order valence-electron chi connectivity index (χ1n) is 5.38. The van der Waals surface area contributed by atoms with Gasteiger partial charge < -0.3 is 5.32 Å². The van der Waals surface area contributed by atoms with Crippen molar-refractivity contribution < 1.29 is 0 Å². The van der Waals surface area contributed by atoms with Crippen LogP contribution in [0.3, 0.4) is 0 Å². The van der Waals surface area contributed by atoms with Crippen molar-refractivity contribution >= 4 is 23.1 Å². The van der Waals surface area contributed by atoms with Crippen molar-refractivity contribution in [3.05, 3.63) is 46.4 Å². The Morgan fingerprint density at radius 3 is 2.67 bits per heavy atom. The van der Waals surface area contributed by atoms with E-state index in [1.165, 1.54) is 0 Å². The third kappa shape index (κ3) is 2.58. The van der Waals surface area contributed by atoms with Gasteiger partial charge in [0.2, 0.25) is 0 Å². The second-order valence-corrected chi connectivity index (χ2v) is 4.21. The molecular formula is C13H11ClN4. The van der Waals surface area contributed by atoms with Gasteiger partial charge in [-0.05, 0) is 32.0 Å². The Hall–Kier alpha value is -2.12. The number of hydrogen-bond donors (Lipinski definition) is 1. The fourth-order valence-corrected chi connectivity index (χ4v) is 1.67. The average molecular weight is 259 g/mol. The molecule has 1 aromatic carbocycles. The van der Waals surface area contributed by atoms with E-state index in [9.17, 15) is 0 Å². The SMILES string of the molecule is Cc1nc(Cl)c(Nc2cccc(C#N)c2)nc1C. The molecule has 0 unspecified atom stereocenters. The lowest BCUT2D eigenvalue weighted by atomic mass is 10.2. The predicted molar refractivity (Wildman–Crippen MR) is 71.0 cm³/mol. The van der Waals surface area contributed by atoms with Crippen molar-refractivity contribution in [3.8, 4) is 6.07 Å². The van der Waals surface area contributed by atoms with E-state index < -0.39 is 0 Å². The molecule has 2 rings (SSSR count). The smallest absolute Gasteiger partial charge is 0.172 e. The van der Waals surface area contributed by atoms with Gasteiger partial charge in [0.05, 0.1) is 23.0 Å². The Morgan fingerprint density at radius 2 is 1.94 bits per heavy atom. The van der Waals surface area contributed by atoms with E-state index in [0.717, 1.165) is 17.1 Å². The van der Waals surface area contributed by atoms with E-state index in [1.807, 2.05) is 19.9 Å². The van der Waals surface area contributed by atoms with Crippen LogP contribution in [0.4, 0.5) is 11.5 Å². The van der Waals surface area contributed by atoms with E-state index in [2.05, 4.69) is 21.4 Å². The van der Waals surface area contributed by atoms with Gasteiger partial charge in [0.1, 0.15) is 0 Å². The quantitative estimate of drug-likeness (QED) is 0.897. The second-order valence-electron chi connectivity index (χ2n) is 3.85. The minimum absolute atomic E-state index is 0.320. The van der Waals surface area contributed by atoms with Crippen LogP contribution >= 0.6 is 11.6 Å². The van der Waals surface area contributed by atoms with Crippen LogP contribution in [0.25, 0.3) is 0 Å². The Bertz CT molecular complexity index is 631. The van der Waals surface area contributed by atoms with Gasteiger partial charge in [0.25, 0.3) is 0 Å². The van der Waals surface area contributed by atoms with E-state index >= 15 is 0 Å². The van der Waals surface area contributed by atoms with Crippen LogP contribution in [0, 0.1) is 25.2 Å². The maximum atomic E-state index is 8.83. The molecule has 4 nitrogen and oxygen atoms in total. The van der Waals surface area contributed by atoms with Gasteiger partial charge in [0, 0.05) is 5.69 Å². The first-order valence-corrected chi connectivity index (χ1v) is 5.76. The second kappa shape index (κ2) is 5.03. The van der Waals surface area contributed by atoms with Crippen LogP contribution < -0.4 is 5.32 Å². The number of aryl methyl sites for hydroxylation is 2. The maximum Gasteiger partial charge on any atom is 0.172 e. The Balaban J connectivity index is 2.34. The van der Waals surface area contributed by atoms with Crippen molar-refractivity contribution in [2.24, 2.45) is 0 Å². The molecule has 1 aromatic heterocycles. The van der Waals surface area contributed by atoms with Gasteiger partial charge in [-0.25, -0.2) is 9.97 Å². The van der Waals surface area contributed by atoms with Crippen molar-refractivity contribution in [1.29, 1.82) is 5.26 Å². The van der Waals surface area contributed by atoms with Crippen molar-refractivity contribution in [2.75, 3.05) is 5.32 Å². The molecule has 0 aliphatic carbocycles. The molecule has 0 radical (unpaired) electrons. The molecule has 1 heterocycles. The molecule has 0 aliphatic heterocycles. The summed E-state index contributed by atoms with van der Waals surface area (Å²) in [4.78, 5) is 8.52. The first-order chi connectivity index (χ1) is 8.60. The zero-order valence-electron chi connectivity index (χ0n) is 10.0. The van der Waals surface area contributed by atoms with Gasteiger partial charge in [0.15, 0.2) is 11.0 Å². The fourth-order valence-electron chi connectivity index (χ4n) is 1.46. The van der Waals surface area contributed by atoms with E-state index in [1.54, 1.807) is 18.2 Å². The molecule has 90 valence electrons. The monoisotopic (exact) mass is 258 g/mol. The predicted octanol–water partition coefficient (Wildman–Crippen LogP) is 3.36. The zero-order chi connectivity index (χ0) is 13.1. The molecule has 0 saturated heterocycles. The molecular weight excluding hydrogens is 248 g/mol. The minimum Gasteiger partial charge on any atom is -0.338 e. The highest BCUT2D eigenvalue weighted by atomic mass is 35.5. The Kier molecular flexibility index (Phi) is 3.45. The minimum atomic E-state index is 0.320. The number of halogens is 1. The number of nitriles is 1. The number of rotatable bonds is 2. The summed E-state index contributed by atoms with van der Waals surface area (Å²) in [5.74, 6) is 0.495. The lowest BCUT2D eigenvalue weighted by Crippen LogP contribution is -2.00. The third-order valence-electron chi connectivity index (χ3n) is 2.52. The lowest BCUT2D eigenvalue weighted by Gasteiger charge is -2.09. The van der Waals surface area contributed by atoms with Gasteiger partial charge in [-0.1, -0.05) is 17.7 Å². The van der Waals surface area contributed by atoms with Crippen LogP contribution in [-0.4, -0.2) is 9.97 Å². The highest BCUT2D eigenvalue weighted by molar-refractivity contribution is 6.31. The summed E-state index contributed by atoms with van der Waals surface area (Å²) < 4.78 is 0. The molecule has 2 aromatic rings. The molecule has 18 heavy (non-hydrogen) atoms. The number of nitrogens with zero attached hydrogens (tertiary/aromatic N) is 3. The first kappa shape index (κ1) is 12.3. The highest BCUT2D eigenvalue weighted by Gasteiger charge is 2.07. The Morgan fingerprint density at radius 1 is 1.22 bits per heavy atom. The van der Waals surface area contributed by atoms with Crippen LogP contribution in [0.15, 0.2) is 24.3 Å². The van der Waals surface area contributed by atoms with Crippen LogP contribution in [0.2, 0.25) is 5.15 Å². The number of nitrogens with one attached hydrogen (secondary N) is 1. The summed E-state index contributed by atoms with van der Waals surface area (Å²) in [6, 6.07) is 9.18. The van der Waals surface area contributed by atoms with E-state index in [0.29, 0.717) is 16.5 Å². The summed E-state index contributed by atoms with van der Waals surface area (Å²) in [5, 5.41) is 12.2. The molecule has 0 fully saturated rings. The summed E-state index contributed by atoms with van der Waals surface area (Å²) in [6.07, 6.45) is 0. The molecule has 0 saturated carbocycles.